The molecule has 0 bridgehead atoms. The van der Waals surface area contributed by atoms with Crippen molar-refractivity contribution in [2.45, 2.75) is 100 Å². The number of hydrogen-bond donors (Lipinski definition) is 0. The number of carbonyl (C=O) groups is 2. The molecule has 2 amide bonds. The third-order valence-electron chi connectivity index (χ3n) is 13.2. The summed E-state index contributed by atoms with van der Waals surface area (Å²) in [6.45, 7) is 1.50. The lowest BCUT2D eigenvalue weighted by Crippen LogP contribution is -2.27. The standard InChI is InChI=1S/2C24H21F5N4O/c2*1-23(26,20(25)21-31-30-12-32(21)2)15-4-3-5-16(10-15)33-11-18-17(22(33)34)8-14(13-6-7-13)9-19(18)24(27,28)29/h2*3-5,8-10,12-13,20H,6-7,11H2,1-2H3/t2*20-,23+/m10/s1. The molecule has 6 aromatic rings. The molecule has 2 aromatic heterocycles. The number of anilines is 2. The predicted octanol–water partition coefficient (Wildman–Crippen LogP) is 11.5. The summed E-state index contributed by atoms with van der Waals surface area (Å²) in [4.78, 5) is 28.7. The molecule has 0 unspecified atom stereocenters. The first-order chi connectivity index (χ1) is 32.0. The van der Waals surface area contributed by atoms with Crippen molar-refractivity contribution < 1.29 is 53.5 Å². The Hall–Kier alpha value is -6.60. The number of alkyl halides is 10. The summed E-state index contributed by atoms with van der Waals surface area (Å²) in [6.07, 6.45) is -7.85. The predicted molar refractivity (Wildman–Crippen MR) is 227 cm³/mol. The summed E-state index contributed by atoms with van der Waals surface area (Å²) in [5.74, 6) is -1.53. The fourth-order valence-corrected chi connectivity index (χ4v) is 8.87. The van der Waals surface area contributed by atoms with Gasteiger partial charge in [0.05, 0.1) is 24.2 Å². The van der Waals surface area contributed by atoms with Crippen molar-refractivity contribution in [2.24, 2.45) is 14.1 Å². The topological polar surface area (TPSA) is 102 Å². The largest absolute Gasteiger partial charge is 0.416 e. The van der Waals surface area contributed by atoms with Gasteiger partial charge in [-0.1, -0.05) is 24.3 Å². The average Bonchev–Trinajstić information content (AvgIpc) is 4.19. The van der Waals surface area contributed by atoms with Crippen LogP contribution in [0.2, 0.25) is 0 Å². The van der Waals surface area contributed by atoms with E-state index in [1.165, 1.54) is 94.2 Å². The zero-order valence-corrected chi connectivity index (χ0v) is 36.8. The number of aromatic nitrogens is 6. The van der Waals surface area contributed by atoms with Crippen molar-refractivity contribution in [3.8, 4) is 0 Å². The minimum absolute atomic E-state index is 0.00703. The number of amides is 2. The van der Waals surface area contributed by atoms with E-state index in [4.69, 9.17) is 0 Å². The molecule has 0 saturated heterocycles. The van der Waals surface area contributed by atoms with Gasteiger partial charge in [0.15, 0.2) is 35.3 Å². The van der Waals surface area contributed by atoms with E-state index >= 15 is 17.6 Å². The number of aryl methyl sites for hydroxylation is 2. The third kappa shape index (κ3) is 8.39. The number of rotatable bonds is 10. The van der Waals surface area contributed by atoms with E-state index in [0.29, 0.717) is 11.1 Å². The monoisotopic (exact) mass is 952 g/mol. The van der Waals surface area contributed by atoms with E-state index in [1.54, 1.807) is 12.1 Å². The van der Waals surface area contributed by atoms with Crippen molar-refractivity contribution in [2.75, 3.05) is 9.80 Å². The van der Waals surface area contributed by atoms with Gasteiger partial charge in [0.1, 0.15) is 12.7 Å². The van der Waals surface area contributed by atoms with Crippen LogP contribution in [0.4, 0.5) is 55.3 Å². The molecule has 10 rings (SSSR count). The Kier molecular flexibility index (Phi) is 11.3. The van der Waals surface area contributed by atoms with Crippen molar-refractivity contribution >= 4 is 23.2 Å². The van der Waals surface area contributed by atoms with Crippen molar-refractivity contribution in [3.05, 3.63) is 153 Å². The summed E-state index contributed by atoms with van der Waals surface area (Å²) in [7, 11) is 2.98. The molecule has 2 aliphatic heterocycles. The lowest BCUT2D eigenvalue weighted by molar-refractivity contribution is -0.139. The fraction of sp³-hybridized carbons (Fsp3) is 0.375. The van der Waals surface area contributed by atoms with E-state index in [0.717, 1.165) is 51.7 Å². The molecule has 68 heavy (non-hydrogen) atoms. The Morgan fingerprint density at radius 3 is 1.24 bits per heavy atom. The van der Waals surface area contributed by atoms with Gasteiger partial charge in [0.25, 0.3) is 11.8 Å². The van der Waals surface area contributed by atoms with Crippen LogP contribution in [-0.2, 0) is 50.9 Å². The zero-order valence-electron chi connectivity index (χ0n) is 36.8. The fourth-order valence-electron chi connectivity index (χ4n) is 8.87. The van der Waals surface area contributed by atoms with Gasteiger partial charge < -0.3 is 18.9 Å². The molecule has 4 atom stereocenters. The van der Waals surface area contributed by atoms with Crippen LogP contribution in [0.5, 0.6) is 0 Å². The molecular weight excluding hydrogens is 911 g/mol. The Morgan fingerprint density at radius 1 is 0.559 bits per heavy atom. The molecule has 2 fully saturated rings. The maximum atomic E-state index is 15.6. The van der Waals surface area contributed by atoms with E-state index in [2.05, 4.69) is 20.4 Å². The lowest BCUT2D eigenvalue weighted by Gasteiger charge is -2.26. The molecule has 2 aliphatic carbocycles. The molecule has 10 nitrogen and oxygen atoms in total. The first kappa shape index (κ1) is 46.5. The maximum Gasteiger partial charge on any atom is 0.416 e. The smallest absolute Gasteiger partial charge is 0.318 e. The van der Waals surface area contributed by atoms with Crippen molar-refractivity contribution in [1.82, 2.24) is 29.5 Å². The first-order valence-corrected chi connectivity index (χ1v) is 21.6. The van der Waals surface area contributed by atoms with Crippen LogP contribution < -0.4 is 9.80 Å². The minimum atomic E-state index is -4.61. The lowest BCUT2D eigenvalue weighted by atomic mass is 9.92. The summed E-state index contributed by atoms with van der Waals surface area (Å²) in [6, 6.07) is 16.6. The Balaban J connectivity index is 0.000000170. The SMILES string of the molecule is Cn1cnnc1[C@@H](F)[C@@](C)(F)c1cccc(N2Cc3c(cc(C4CC4)cc3C(F)(F)F)C2=O)c1.Cn1cnnc1[C@H](F)[C@](C)(F)c1cccc(N2Cc3c(cc(C4CC4)cc3C(F)(F)F)C2=O)c1. The maximum absolute atomic E-state index is 15.6. The van der Waals surface area contributed by atoms with Gasteiger partial charge in [-0.25, -0.2) is 17.6 Å². The normalized spacial score (nSPS) is 18.7. The van der Waals surface area contributed by atoms with Gasteiger partial charge >= 0.3 is 12.4 Å². The van der Waals surface area contributed by atoms with E-state index < -0.39 is 59.0 Å². The second-order valence-corrected chi connectivity index (χ2v) is 18.1. The summed E-state index contributed by atoms with van der Waals surface area (Å²) < 4.78 is 147. The van der Waals surface area contributed by atoms with Crippen LogP contribution in [0.25, 0.3) is 0 Å². The number of halogens is 10. The molecule has 2 saturated carbocycles. The highest BCUT2D eigenvalue weighted by atomic mass is 19.4. The average molecular weight is 953 g/mol. The van der Waals surface area contributed by atoms with Crippen LogP contribution in [-0.4, -0.2) is 41.3 Å². The molecule has 4 heterocycles. The van der Waals surface area contributed by atoms with Crippen LogP contribution >= 0.6 is 0 Å². The Labute approximate surface area is 382 Å². The molecule has 0 radical (unpaired) electrons. The van der Waals surface area contributed by atoms with Crippen LogP contribution in [0, 0.1) is 0 Å². The highest BCUT2D eigenvalue weighted by Gasteiger charge is 2.46. The second kappa shape index (κ2) is 16.6. The summed E-state index contributed by atoms with van der Waals surface area (Å²) in [5, 5.41) is 14.4. The molecule has 4 aromatic carbocycles. The number of hydrogen-bond acceptors (Lipinski definition) is 6. The Bertz CT molecular complexity index is 2750. The number of fused-ring (bicyclic) bond motifs is 2. The van der Waals surface area contributed by atoms with E-state index in [-0.39, 0.29) is 81.3 Å². The molecule has 0 N–H and O–H groups in total. The second-order valence-electron chi connectivity index (χ2n) is 18.1. The first-order valence-electron chi connectivity index (χ1n) is 21.6. The van der Waals surface area contributed by atoms with Crippen molar-refractivity contribution in [3.63, 3.8) is 0 Å². The number of carbonyl (C=O) groups excluding carboxylic acids is 2. The minimum Gasteiger partial charge on any atom is -0.318 e. The quantitative estimate of drug-likeness (QED) is 0.127. The summed E-state index contributed by atoms with van der Waals surface area (Å²) >= 11 is 0. The highest BCUT2D eigenvalue weighted by molar-refractivity contribution is 6.11. The van der Waals surface area contributed by atoms with Crippen LogP contribution in [0.3, 0.4) is 0 Å². The Morgan fingerprint density at radius 2 is 0.926 bits per heavy atom. The van der Waals surface area contributed by atoms with Gasteiger partial charge in [-0.05, 0) is 133 Å². The highest BCUT2D eigenvalue weighted by Crippen LogP contribution is 2.49. The molecule has 20 heteroatoms. The van der Waals surface area contributed by atoms with Crippen LogP contribution in [0.15, 0.2) is 85.5 Å². The van der Waals surface area contributed by atoms with Gasteiger partial charge in [-0.2, -0.15) is 26.3 Å². The van der Waals surface area contributed by atoms with Gasteiger partial charge in [-0.15, -0.1) is 20.4 Å². The molecule has 356 valence electrons. The number of nitrogens with zero attached hydrogens (tertiary/aromatic N) is 8. The zero-order chi connectivity index (χ0) is 48.8. The summed E-state index contributed by atoms with van der Waals surface area (Å²) in [5.41, 5.74) is -5.62. The number of benzene rings is 4. The van der Waals surface area contributed by atoms with E-state index in [9.17, 15) is 35.9 Å². The molecule has 0 spiro atoms. The van der Waals surface area contributed by atoms with Gasteiger partial charge in [-0.3, -0.25) is 9.59 Å². The van der Waals surface area contributed by atoms with E-state index in [1.807, 2.05) is 0 Å². The third-order valence-corrected chi connectivity index (χ3v) is 13.2. The molecular formula is C48H42F10N8O2. The van der Waals surface area contributed by atoms with Crippen molar-refractivity contribution in [1.29, 1.82) is 0 Å². The molecule has 4 aliphatic rings. The van der Waals surface area contributed by atoms with Gasteiger partial charge in [0.2, 0.25) is 0 Å². The van der Waals surface area contributed by atoms with Crippen LogP contribution in [0.1, 0.15) is 141 Å². The van der Waals surface area contributed by atoms with Gasteiger partial charge in [0, 0.05) is 36.6 Å².